The molecule has 132 valence electrons. The van der Waals surface area contributed by atoms with E-state index in [1.807, 2.05) is 31.2 Å². The predicted octanol–water partition coefficient (Wildman–Crippen LogP) is 3.30. The highest BCUT2D eigenvalue weighted by Gasteiger charge is 2.33. The standard InChI is InChI=1S/C19H17N3O4/c1-12-3-6-14(7-4-12)11-21-18(23)16(20-19(21)24)9-15-8-5-13(2)17(10-15)22(25)26/h3-10H,11H2,1-2H3,(H,20,24)/b16-9+. The normalized spacial score (nSPS) is 15.5. The van der Waals surface area contributed by atoms with Crippen molar-refractivity contribution in [2.75, 3.05) is 0 Å². The summed E-state index contributed by atoms with van der Waals surface area (Å²) in [6.45, 7) is 3.76. The van der Waals surface area contributed by atoms with Crippen LogP contribution in [0.5, 0.6) is 0 Å². The molecule has 0 unspecified atom stereocenters. The Hall–Kier alpha value is -3.48. The molecule has 1 N–H and O–H groups in total. The number of nitrogens with one attached hydrogen (secondary N) is 1. The minimum absolute atomic E-state index is 0.0346. The van der Waals surface area contributed by atoms with Crippen molar-refractivity contribution in [3.05, 3.63) is 80.5 Å². The van der Waals surface area contributed by atoms with Crippen LogP contribution in [0, 0.1) is 24.0 Å². The Bertz CT molecular complexity index is 932. The van der Waals surface area contributed by atoms with Crippen LogP contribution in [0.2, 0.25) is 0 Å². The SMILES string of the molecule is Cc1ccc(CN2C(=O)N/C(=C/c3ccc(C)c([N+](=O)[O-])c3)C2=O)cc1. The highest BCUT2D eigenvalue weighted by atomic mass is 16.6. The van der Waals surface area contributed by atoms with Crippen LogP contribution in [0.4, 0.5) is 10.5 Å². The molecule has 26 heavy (non-hydrogen) atoms. The second kappa shape index (κ2) is 6.79. The fourth-order valence-corrected chi connectivity index (χ4v) is 2.67. The van der Waals surface area contributed by atoms with Crippen LogP contribution < -0.4 is 5.32 Å². The van der Waals surface area contributed by atoms with E-state index < -0.39 is 16.9 Å². The number of benzene rings is 2. The molecule has 0 atom stereocenters. The van der Waals surface area contributed by atoms with Crippen LogP contribution >= 0.6 is 0 Å². The van der Waals surface area contributed by atoms with E-state index in [0.29, 0.717) is 11.1 Å². The molecule has 0 spiro atoms. The summed E-state index contributed by atoms with van der Waals surface area (Å²) in [5.41, 5.74) is 3.00. The highest BCUT2D eigenvalue weighted by molar-refractivity contribution is 6.13. The van der Waals surface area contributed by atoms with E-state index in [1.165, 1.54) is 12.1 Å². The first-order valence-corrected chi connectivity index (χ1v) is 8.00. The molecule has 0 saturated carbocycles. The van der Waals surface area contributed by atoms with Crippen molar-refractivity contribution in [1.29, 1.82) is 0 Å². The molecule has 1 fully saturated rings. The number of rotatable bonds is 4. The van der Waals surface area contributed by atoms with E-state index >= 15 is 0 Å². The number of nitro groups is 1. The van der Waals surface area contributed by atoms with Crippen molar-refractivity contribution < 1.29 is 14.5 Å². The van der Waals surface area contributed by atoms with Gasteiger partial charge in [0.2, 0.25) is 0 Å². The second-order valence-corrected chi connectivity index (χ2v) is 6.17. The van der Waals surface area contributed by atoms with E-state index in [0.717, 1.165) is 16.0 Å². The Labute approximate surface area is 150 Å². The van der Waals surface area contributed by atoms with Gasteiger partial charge in [0.25, 0.3) is 11.6 Å². The summed E-state index contributed by atoms with van der Waals surface area (Å²) in [5, 5.41) is 13.6. The summed E-state index contributed by atoms with van der Waals surface area (Å²) in [6.07, 6.45) is 1.45. The number of nitro benzene ring substituents is 1. The first-order chi connectivity index (χ1) is 12.3. The molecule has 0 bridgehead atoms. The molecule has 3 amide bonds. The topological polar surface area (TPSA) is 92.6 Å². The third-order valence-electron chi connectivity index (χ3n) is 4.16. The number of aryl methyl sites for hydroxylation is 2. The molecule has 0 aromatic heterocycles. The molecule has 7 nitrogen and oxygen atoms in total. The lowest BCUT2D eigenvalue weighted by atomic mass is 10.1. The first-order valence-electron chi connectivity index (χ1n) is 8.00. The quantitative estimate of drug-likeness (QED) is 0.396. The van der Waals surface area contributed by atoms with E-state index in [1.54, 1.807) is 19.1 Å². The number of hydrogen-bond acceptors (Lipinski definition) is 4. The molecule has 7 heteroatoms. The smallest absolute Gasteiger partial charge is 0.303 e. The summed E-state index contributed by atoms with van der Waals surface area (Å²) in [4.78, 5) is 36.3. The van der Waals surface area contributed by atoms with Crippen molar-refractivity contribution in [3.8, 4) is 0 Å². The van der Waals surface area contributed by atoms with Gasteiger partial charge in [-0.25, -0.2) is 4.79 Å². The van der Waals surface area contributed by atoms with Gasteiger partial charge in [0.15, 0.2) is 0 Å². The average Bonchev–Trinajstić information content (AvgIpc) is 2.85. The highest BCUT2D eigenvalue weighted by Crippen LogP contribution is 2.22. The molecule has 0 aliphatic carbocycles. The lowest BCUT2D eigenvalue weighted by molar-refractivity contribution is -0.385. The zero-order chi connectivity index (χ0) is 18.8. The number of urea groups is 1. The van der Waals surface area contributed by atoms with E-state index in [9.17, 15) is 19.7 Å². The van der Waals surface area contributed by atoms with Gasteiger partial charge in [-0.3, -0.25) is 19.8 Å². The van der Waals surface area contributed by atoms with Gasteiger partial charge in [0.05, 0.1) is 11.5 Å². The fraction of sp³-hybridized carbons (Fsp3) is 0.158. The molecule has 1 saturated heterocycles. The van der Waals surface area contributed by atoms with Gasteiger partial charge in [-0.15, -0.1) is 0 Å². The minimum Gasteiger partial charge on any atom is -0.303 e. The minimum atomic E-state index is -0.511. The molecule has 1 heterocycles. The molecular weight excluding hydrogens is 334 g/mol. The molecule has 0 radical (unpaired) electrons. The number of hydrogen-bond donors (Lipinski definition) is 1. The second-order valence-electron chi connectivity index (χ2n) is 6.17. The fourth-order valence-electron chi connectivity index (χ4n) is 2.67. The Morgan fingerprint density at radius 1 is 1.12 bits per heavy atom. The maximum Gasteiger partial charge on any atom is 0.329 e. The summed E-state index contributed by atoms with van der Waals surface area (Å²) in [7, 11) is 0. The number of amides is 3. The lowest BCUT2D eigenvalue weighted by Gasteiger charge is -2.11. The average molecular weight is 351 g/mol. The predicted molar refractivity (Wildman–Crippen MR) is 96.1 cm³/mol. The maximum atomic E-state index is 12.5. The molecule has 1 aliphatic heterocycles. The molecule has 3 rings (SSSR count). The summed E-state index contributed by atoms with van der Waals surface area (Å²) in [5.74, 6) is -0.459. The lowest BCUT2D eigenvalue weighted by Crippen LogP contribution is -2.30. The van der Waals surface area contributed by atoms with Gasteiger partial charge in [-0.2, -0.15) is 0 Å². The Balaban J connectivity index is 1.84. The molecule has 2 aromatic carbocycles. The van der Waals surface area contributed by atoms with Crippen molar-refractivity contribution >= 4 is 23.7 Å². The third-order valence-corrected chi connectivity index (χ3v) is 4.16. The molecule has 2 aromatic rings. The van der Waals surface area contributed by atoms with Crippen LogP contribution in [0.1, 0.15) is 22.3 Å². The van der Waals surface area contributed by atoms with Crippen LogP contribution in [0.15, 0.2) is 48.2 Å². The van der Waals surface area contributed by atoms with Crippen LogP contribution in [0.25, 0.3) is 6.08 Å². The number of imide groups is 1. The van der Waals surface area contributed by atoms with Crippen molar-refractivity contribution in [2.45, 2.75) is 20.4 Å². The van der Waals surface area contributed by atoms with Gasteiger partial charge in [-0.05, 0) is 31.1 Å². The Morgan fingerprint density at radius 2 is 1.81 bits per heavy atom. The van der Waals surface area contributed by atoms with Gasteiger partial charge in [0.1, 0.15) is 5.70 Å². The van der Waals surface area contributed by atoms with Crippen molar-refractivity contribution in [2.24, 2.45) is 0 Å². The van der Waals surface area contributed by atoms with Crippen LogP contribution in [-0.4, -0.2) is 21.8 Å². The van der Waals surface area contributed by atoms with Crippen molar-refractivity contribution in [1.82, 2.24) is 10.2 Å². The van der Waals surface area contributed by atoms with Crippen molar-refractivity contribution in [3.63, 3.8) is 0 Å². The summed E-state index contributed by atoms with van der Waals surface area (Å²) >= 11 is 0. The van der Waals surface area contributed by atoms with Gasteiger partial charge < -0.3 is 5.32 Å². The largest absolute Gasteiger partial charge is 0.329 e. The van der Waals surface area contributed by atoms with E-state index in [-0.39, 0.29) is 17.9 Å². The number of carbonyl (C=O) groups is 2. The van der Waals surface area contributed by atoms with Gasteiger partial charge in [0, 0.05) is 11.6 Å². The monoisotopic (exact) mass is 351 g/mol. The third kappa shape index (κ3) is 3.46. The van der Waals surface area contributed by atoms with Gasteiger partial charge in [-0.1, -0.05) is 42.0 Å². The van der Waals surface area contributed by atoms with Crippen LogP contribution in [0.3, 0.4) is 0 Å². The maximum absolute atomic E-state index is 12.5. The number of nitrogens with zero attached hydrogens (tertiary/aromatic N) is 2. The van der Waals surface area contributed by atoms with E-state index in [4.69, 9.17) is 0 Å². The first kappa shape index (κ1) is 17.3. The molecular formula is C19H17N3O4. The van der Waals surface area contributed by atoms with Gasteiger partial charge >= 0.3 is 6.03 Å². The van der Waals surface area contributed by atoms with E-state index in [2.05, 4.69) is 5.32 Å². The Morgan fingerprint density at radius 3 is 2.46 bits per heavy atom. The number of carbonyl (C=O) groups excluding carboxylic acids is 2. The summed E-state index contributed by atoms with van der Waals surface area (Å²) < 4.78 is 0. The molecule has 1 aliphatic rings. The zero-order valence-corrected chi connectivity index (χ0v) is 14.4. The van der Waals surface area contributed by atoms with Crippen LogP contribution in [-0.2, 0) is 11.3 Å². The zero-order valence-electron chi connectivity index (χ0n) is 14.4. The summed E-state index contributed by atoms with van der Waals surface area (Å²) in [6, 6.07) is 11.7. The Kier molecular flexibility index (Phi) is 4.53.